The van der Waals surface area contributed by atoms with Crippen LogP contribution >= 0.6 is 15.9 Å². The van der Waals surface area contributed by atoms with Crippen molar-refractivity contribution in [3.8, 4) is 0 Å². The summed E-state index contributed by atoms with van der Waals surface area (Å²) in [5.41, 5.74) is 0. The third-order valence-electron chi connectivity index (χ3n) is 1.87. The Bertz CT molecular complexity index is 115. The normalized spacial score (nSPS) is 26.0. The zero-order chi connectivity index (χ0) is 8.81. The lowest BCUT2D eigenvalue weighted by atomic mass is 10.1. The average Bonchev–Trinajstić information content (AvgIpc) is 2.57. The second kappa shape index (κ2) is 5.91. The van der Waals surface area contributed by atoms with Crippen molar-refractivity contribution in [2.24, 2.45) is 5.92 Å². The van der Waals surface area contributed by atoms with E-state index < -0.39 is 0 Å². The molecule has 4 heteroatoms. The Morgan fingerprint density at radius 3 is 3.08 bits per heavy atom. The SMILES string of the molecule is OC(CBr)COCC1CCOC1. The van der Waals surface area contributed by atoms with E-state index >= 15 is 0 Å². The molecule has 1 saturated heterocycles. The minimum atomic E-state index is -0.382. The lowest BCUT2D eigenvalue weighted by Gasteiger charge is -2.10. The molecule has 2 atom stereocenters. The molecule has 0 aromatic heterocycles. The number of halogens is 1. The smallest absolute Gasteiger partial charge is 0.0870 e. The Balaban J connectivity index is 1.94. The van der Waals surface area contributed by atoms with Crippen LogP contribution in [0.4, 0.5) is 0 Å². The topological polar surface area (TPSA) is 38.7 Å². The van der Waals surface area contributed by atoms with Crippen LogP contribution in [0.3, 0.4) is 0 Å². The molecule has 0 radical (unpaired) electrons. The van der Waals surface area contributed by atoms with Gasteiger partial charge in [-0.05, 0) is 6.42 Å². The van der Waals surface area contributed by atoms with Crippen LogP contribution in [0.1, 0.15) is 6.42 Å². The van der Waals surface area contributed by atoms with E-state index in [1.165, 1.54) is 0 Å². The molecule has 2 unspecified atom stereocenters. The average molecular weight is 239 g/mol. The molecular weight excluding hydrogens is 224 g/mol. The Labute approximate surface area is 81.2 Å². The lowest BCUT2D eigenvalue weighted by Crippen LogP contribution is -2.19. The predicted octanol–water partition coefficient (Wildman–Crippen LogP) is 0.795. The van der Waals surface area contributed by atoms with Gasteiger partial charge in [0.2, 0.25) is 0 Å². The molecular formula is C8H15BrO3. The molecule has 72 valence electrons. The first-order chi connectivity index (χ1) is 5.83. The predicted molar refractivity (Wildman–Crippen MR) is 49.5 cm³/mol. The Kier molecular flexibility index (Phi) is 5.14. The van der Waals surface area contributed by atoms with Crippen LogP contribution in [0.2, 0.25) is 0 Å². The van der Waals surface area contributed by atoms with Gasteiger partial charge < -0.3 is 14.6 Å². The first kappa shape index (κ1) is 10.4. The maximum absolute atomic E-state index is 9.13. The van der Waals surface area contributed by atoms with Crippen molar-refractivity contribution in [1.29, 1.82) is 0 Å². The number of aliphatic hydroxyl groups excluding tert-OH is 1. The van der Waals surface area contributed by atoms with Crippen LogP contribution in [0.25, 0.3) is 0 Å². The van der Waals surface area contributed by atoms with E-state index in [1.54, 1.807) is 0 Å². The molecule has 0 bridgehead atoms. The van der Waals surface area contributed by atoms with Crippen LogP contribution in [-0.2, 0) is 9.47 Å². The lowest BCUT2D eigenvalue weighted by molar-refractivity contribution is 0.0294. The number of alkyl halides is 1. The van der Waals surface area contributed by atoms with Crippen molar-refractivity contribution in [3.63, 3.8) is 0 Å². The van der Waals surface area contributed by atoms with E-state index in [1.807, 2.05) is 0 Å². The zero-order valence-electron chi connectivity index (χ0n) is 7.04. The van der Waals surface area contributed by atoms with Gasteiger partial charge in [-0.3, -0.25) is 0 Å². The van der Waals surface area contributed by atoms with E-state index in [0.717, 1.165) is 19.6 Å². The van der Waals surface area contributed by atoms with Crippen LogP contribution in [0, 0.1) is 5.92 Å². The van der Waals surface area contributed by atoms with Gasteiger partial charge in [-0.15, -0.1) is 0 Å². The molecule has 1 N–H and O–H groups in total. The van der Waals surface area contributed by atoms with E-state index in [4.69, 9.17) is 14.6 Å². The Morgan fingerprint density at radius 2 is 2.50 bits per heavy atom. The summed E-state index contributed by atoms with van der Waals surface area (Å²) in [6, 6.07) is 0. The highest BCUT2D eigenvalue weighted by Gasteiger charge is 2.15. The molecule has 0 aromatic carbocycles. The van der Waals surface area contributed by atoms with Crippen molar-refractivity contribution in [1.82, 2.24) is 0 Å². The van der Waals surface area contributed by atoms with E-state index in [-0.39, 0.29) is 6.10 Å². The van der Waals surface area contributed by atoms with Gasteiger partial charge in [0.25, 0.3) is 0 Å². The minimum Gasteiger partial charge on any atom is -0.390 e. The van der Waals surface area contributed by atoms with Crippen LogP contribution < -0.4 is 0 Å². The van der Waals surface area contributed by atoms with Gasteiger partial charge in [-0.25, -0.2) is 0 Å². The monoisotopic (exact) mass is 238 g/mol. The fourth-order valence-electron chi connectivity index (χ4n) is 1.13. The summed E-state index contributed by atoms with van der Waals surface area (Å²) >= 11 is 3.17. The quantitative estimate of drug-likeness (QED) is 0.721. The minimum absolute atomic E-state index is 0.382. The Hall–Kier alpha value is 0.360. The Morgan fingerprint density at radius 1 is 1.67 bits per heavy atom. The zero-order valence-corrected chi connectivity index (χ0v) is 8.63. The van der Waals surface area contributed by atoms with Crippen molar-refractivity contribution in [2.75, 3.05) is 31.8 Å². The summed E-state index contributed by atoms with van der Waals surface area (Å²) in [7, 11) is 0. The summed E-state index contributed by atoms with van der Waals surface area (Å²) in [5.74, 6) is 0.535. The van der Waals surface area contributed by atoms with Crippen molar-refractivity contribution in [3.05, 3.63) is 0 Å². The summed E-state index contributed by atoms with van der Waals surface area (Å²) in [6.07, 6.45) is 0.706. The van der Waals surface area contributed by atoms with Gasteiger partial charge in [0.05, 0.1) is 25.9 Å². The van der Waals surface area contributed by atoms with E-state index in [2.05, 4.69) is 15.9 Å². The fraction of sp³-hybridized carbons (Fsp3) is 1.00. The molecule has 0 saturated carbocycles. The van der Waals surface area contributed by atoms with Crippen molar-refractivity contribution >= 4 is 15.9 Å². The number of ether oxygens (including phenoxy) is 2. The molecule has 1 aliphatic rings. The molecule has 1 fully saturated rings. The number of rotatable bonds is 5. The second-order valence-corrected chi connectivity index (χ2v) is 3.72. The maximum Gasteiger partial charge on any atom is 0.0870 e. The molecule has 1 rings (SSSR count). The van der Waals surface area contributed by atoms with Gasteiger partial charge in [0.15, 0.2) is 0 Å². The van der Waals surface area contributed by atoms with Gasteiger partial charge in [0, 0.05) is 17.9 Å². The van der Waals surface area contributed by atoms with Crippen LogP contribution in [-0.4, -0.2) is 43.0 Å². The summed E-state index contributed by atoms with van der Waals surface area (Å²) < 4.78 is 10.5. The summed E-state index contributed by atoms with van der Waals surface area (Å²) in [6.45, 7) is 2.80. The molecule has 3 nitrogen and oxygen atoms in total. The van der Waals surface area contributed by atoms with E-state index in [0.29, 0.717) is 24.5 Å². The highest BCUT2D eigenvalue weighted by Crippen LogP contribution is 2.12. The van der Waals surface area contributed by atoms with E-state index in [9.17, 15) is 0 Å². The maximum atomic E-state index is 9.13. The van der Waals surface area contributed by atoms with Gasteiger partial charge in [-0.1, -0.05) is 15.9 Å². The summed E-state index contributed by atoms with van der Waals surface area (Å²) in [4.78, 5) is 0. The largest absolute Gasteiger partial charge is 0.390 e. The molecule has 0 amide bonds. The number of hydrogen-bond acceptors (Lipinski definition) is 3. The molecule has 12 heavy (non-hydrogen) atoms. The highest BCUT2D eigenvalue weighted by atomic mass is 79.9. The first-order valence-electron chi connectivity index (χ1n) is 4.22. The number of aliphatic hydroxyl groups is 1. The van der Waals surface area contributed by atoms with Crippen LogP contribution in [0.15, 0.2) is 0 Å². The second-order valence-electron chi connectivity index (χ2n) is 3.08. The molecule has 1 aliphatic heterocycles. The summed E-state index contributed by atoms with van der Waals surface area (Å²) in [5, 5.41) is 9.71. The van der Waals surface area contributed by atoms with Gasteiger partial charge >= 0.3 is 0 Å². The van der Waals surface area contributed by atoms with Crippen molar-refractivity contribution in [2.45, 2.75) is 12.5 Å². The first-order valence-corrected chi connectivity index (χ1v) is 5.34. The molecule has 1 heterocycles. The molecule has 0 aliphatic carbocycles. The fourth-order valence-corrected chi connectivity index (χ4v) is 1.32. The standard InChI is InChI=1S/C8H15BrO3/c9-3-8(10)6-12-5-7-1-2-11-4-7/h7-8,10H,1-6H2. The molecule has 0 spiro atoms. The van der Waals surface area contributed by atoms with Crippen LogP contribution in [0.5, 0.6) is 0 Å². The van der Waals surface area contributed by atoms with Gasteiger partial charge in [-0.2, -0.15) is 0 Å². The third kappa shape index (κ3) is 3.85. The third-order valence-corrected chi connectivity index (χ3v) is 2.61. The van der Waals surface area contributed by atoms with Crippen molar-refractivity contribution < 1.29 is 14.6 Å². The number of hydrogen-bond donors (Lipinski definition) is 1. The molecule has 0 aromatic rings. The van der Waals surface area contributed by atoms with Gasteiger partial charge in [0.1, 0.15) is 0 Å². The highest BCUT2D eigenvalue weighted by molar-refractivity contribution is 9.09.